The van der Waals surface area contributed by atoms with Gasteiger partial charge in [0, 0.05) is 32.8 Å². The van der Waals surface area contributed by atoms with Gasteiger partial charge in [0.05, 0.1) is 0 Å². The summed E-state index contributed by atoms with van der Waals surface area (Å²) in [5, 5.41) is 5.83. The number of fused-ring (bicyclic) bond motifs is 1. The molecule has 0 spiro atoms. The molecule has 4 heteroatoms. The number of hydrogen-bond donors (Lipinski definition) is 1. The van der Waals surface area contributed by atoms with Crippen molar-refractivity contribution in [2.75, 3.05) is 12.3 Å². The molecule has 1 aliphatic rings. The molecule has 0 aromatic carbocycles. The first-order chi connectivity index (χ1) is 9.36. The van der Waals surface area contributed by atoms with Gasteiger partial charge in [-0.2, -0.15) is 11.8 Å². The lowest BCUT2D eigenvalue weighted by molar-refractivity contribution is 0.561. The Morgan fingerprint density at radius 3 is 3.11 bits per heavy atom. The van der Waals surface area contributed by atoms with Crippen molar-refractivity contribution in [3.05, 3.63) is 43.8 Å². The lowest BCUT2D eigenvalue weighted by atomic mass is 10.1. The molecule has 1 nitrogen and oxygen atoms in total. The second-order valence-electron chi connectivity index (χ2n) is 4.79. The number of rotatable bonds is 5. The summed E-state index contributed by atoms with van der Waals surface area (Å²) < 4.78 is 0. The molecule has 3 heterocycles. The maximum Gasteiger partial charge on any atom is 0.0463 e. The van der Waals surface area contributed by atoms with Crippen LogP contribution in [0.25, 0.3) is 0 Å². The molecule has 0 saturated carbocycles. The molecule has 1 aliphatic heterocycles. The zero-order chi connectivity index (χ0) is 13.1. The zero-order valence-electron chi connectivity index (χ0n) is 11.1. The van der Waals surface area contributed by atoms with Crippen molar-refractivity contribution in [3.63, 3.8) is 0 Å². The molecule has 2 aromatic rings. The molecule has 1 unspecified atom stereocenters. The fourth-order valence-electron chi connectivity index (χ4n) is 2.49. The van der Waals surface area contributed by atoms with Crippen LogP contribution in [-0.2, 0) is 18.6 Å². The Morgan fingerprint density at radius 2 is 2.37 bits per heavy atom. The molecule has 3 rings (SSSR count). The van der Waals surface area contributed by atoms with E-state index in [2.05, 4.69) is 47.6 Å². The van der Waals surface area contributed by atoms with E-state index in [1.165, 1.54) is 27.7 Å². The number of aryl methyl sites for hydroxylation is 1. The van der Waals surface area contributed by atoms with Crippen molar-refractivity contribution < 1.29 is 0 Å². The van der Waals surface area contributed by atoms with Gasteiger partial charge >= 0.3 is 0 Å². The van der Waals surface area contributed by atoms with Gasteiger partial charge in [-0.15, -0.1) is 22.7 Å². The van der Waals surface area contributed by atoms with Gasteiger partial charge in [0.15, 0.2) is 0 Å². The third-order valence-electron chi connectivity index (χ3n) is 3.43. The Balaban J connectivity index is 1.80. The number of hydrogen-bond acceptors (Lipinski definition) is 4. The first-order valence-corrected chi connectivity index (χ1v) is 9.67. The smallest absolute Gasteiger partial charge is 0.0463 e. The third-order valence-corrected chi connectivity index (χ3v) is 6.68. The van der Waals surface area contributed by atoms with Gasteiger partial charge in [-0.25, -0.2) is 0 Å². The lowest BCUT2D eigenvalue weighted by Gasteiger charge is -2.15. The average Bonchev–Trinajstić information content (AvgIpc) is 3.06. The number of thiophene rings is 2. The van der Waals surface area contributed by atoms with Gasteiger partial charge in [-0.05, 0) is 41.8 Å². The van der Waals surface area contributed by atoms with E-state index in [1.807, 2.05) is 22.7 Å². The van der Waals surface area contributed by atoms with E-state index < -0.39 is 0 Å². The molecule has 2 aromatic heterocycles. The highest BCUT2D eigenvalue weighted by molar-refractivity contribution is 7.98. The summed E-state index contributed by atoms with van der Waals surface area (Å²) in [6.45, 7) is 3.23. The van der Waals surface area contributed by atoms with Crippen LogP contribution in [0.5, 0.6) is 0 Å². The van der Waals surface area contributed by atoms with Gasteiger partial charge in [0.1, 0.15) is 0 Å². The summed E-state index contributed by atoms with van der Waals surface area (Å²) in [6, 6.07) is 7.34. The Labute approximate surface area is 127 Å². The molecule has 1 atom stereocenters. The molecule has 0 bridgehead atoms. The van der Waals surface area contributed by atoms with E-state index in [-0.39, 0.29) is 0 Å². The molecular formula is C15H19NS3. The average molecular weight is 310 g/mol. The molecule has 0 radical (unpaired) electrons. The van der Waals surface area contributed by atoms with E-state index in [0.717, 1.165) is 13.0 Å². The van der Waals surface area contributed by atoms with E-state index in [4.69, 9.17) is 0 Å². The van der Waals surface area contributed by atoms with Crippen LogP contribution in [-0.4, -0.2) is 12.3 Å². The minimum Gasteiger partial charge on any atom is -0.309 e. The monoisotopic (exact) mass is 309 g/mol. The summed E-state index contributed by atoms with van der Waals surface area (Å²) >= 11 is 5.97. The Kier molecular flexibility index (Phi) is 4.64. The fourth-order valence-corrected chi connectivity index (χ4v) is 5.70. The lowest BCUT2D eigenvalue weighted by Crippen LogP contribution is -2.21. The van der Waals surface area contributed by atoms with E-state index >= 15 is 0 Å². The molecule has 19 heavy (non-hydrogen) atoms. The van der Waals surface area contributed by atoms with Crippen LogP contribution in [0.2, 0.25) is 0 Å². The normalized spacial score (nSPS) is 16.3. The highest BCUT2D eigenvalue weighted by atomic mass is 32.2. The SMILES string of the molecule is CCNC(Cc1cccs1)c1cc2c(s1)CCSC2. The predicted octanol–water partition coefficient (Wildman–Crippen LogP) is 4.49. The first kappa shape index (κ1) is 13.7. The summed E-state index contributed by atoms with van der Waals surface area (Å²) in [7, 11) is 0. The van der Waals surface area contributed by atoms with Gasteiger partial charge in [-0.1, -0.05) is 13.0 Å². The quantitative estimate of drug-likeness (QED) is 0.873. The van der Waals surface area contributed by atoms with Crippen LogP contribution in [0.4, 0.5) is 0 Å². The molecule has 0 saturated heterocycles. The third kappa shape index (κ3) is 3.24. The standard InChI is InChI=1S/C15H19NS3/c1-2-16-13(9-12-4-3-6-18-12)15-8-11-10-17-7-5-14(11)19-15/h3-4,6,8,13,16H,2,5,7,9-10H2,1H3. The van der Waals surface area contributed by atoms with Crippen LogP contribution < -0.4 is 5.32 Å². The van der Waals surface area contributed by atoms with Crippen molar-refractivity contribution >= 4 is 34.4 Å². The van der Waals surface area contributed by atoms with Crippen LogP contribution in [0.15, 0.2) is 23.6 Å². The second-order valence-corrected chi connectivity index (χ2v) is 8.10. The van der Waals surface area contributed by atoms with Crippen molar-refractivity contribution in [1.29, 1.82) is 0 Å². The zero-order valence-corrected chi connectivity index (χ0v) is 13.6. The van der Waals surface area contributed by atoms with Gasteiger partial charge in [-0.3, -0.25) is 0 Å². The van der Waals surface area contributed by atoms with Crippen LogP contribution in [0.1, 0.15) is 33.2 Å². The predicted molar refractivity (Wildman–Crippen MR) is 88.6 cm³/mol. The number of likely N-dealkylation sites (N-methyl/N-ethyl adjacent to an activating group) is 1. The Morgan fingerprint density at radius 1 is 1.42 bits per heavy atom. The minimum atomic E-state index is 0.490. The van der Waals surface area contributed by atoms with Crippen molar-refractivity contribution in [3.8, 4) is 0 Å². The molecule has 0 amide bonds. The molecule has 0 fully saturated rings. The summed E-state index contributed by atoms with van der Waals surface area (Å²) in [6.07, 6.45) is 2.39. The largest absolute Gasteiger partial charge is 0.309 e. The molecule has 102 valence electrons. The highest BCUT2D eigenvalue weighted by Crippen LogP contribution is 2.35. The number of thioether (sulfide) groups is 1. The van der Waals surface area contributed by atoms with Gasteiger partial charge in [0.2, 0.25) is 0 Å². The topological polar surface area (TPSA) is 12.0 Å². The molecule has 1 N–H and O–H groups in total. The molecular weight excluding hydrogens is 290 g/mol. The van der Waals surface area contributed by atoms with E-state index in [1.54, 1.807) is 10.4 Å². The summed E-state index contributed by atoms with van der Waals surface area (Å²) in [5.74, 6) is 2.51. The summed E-state index contributed by atoms with van der Waals surface area (Å²) in [4.78, 5) is 4.64. The maximum atomic E-state index is 3.66. The maximum absolute atomic E-state index is 3.66. The number of nitrogens with one attached hydrogen (secondary N) is 1. The summed E-state index contributed by atoms with van der Waals surface area (Å²) in [5.41, 5.74) is 1.59. The minimum absolute atomic E-state index is 0.490. The van der Waals surface area contributed by atoms with Crippen LogP contribution in [0.3, 0.4) is 0 Å². The van der Waals surface area contributed by atoms with Crippen molar-refractivity contribution in [2.45, 2.75) is 31.6 Å². The van der Waals surface area contributed by atoms with Gasteiger partial charge in [0.25, 0.3) is 0 Å². The molecule has 0 aliphatic carbocycles. The highest BCUT2D eigenvalue weighted by Gasteiger charge is 2.19. The van der Waals surface area contributed by atoms with Crippen LogP contribution >= 0.6 is 34.4 Å². The van der Waals surface area contributed by atoms with Crippen molar-refractivity contribution in [2.24, 2.45) is 0 Å². The van der Waals surface area contributed by atoms with Gasteiger partial charge < -0.3 is 5.32 Å². The van der Waals surface area contributed by atoms with E-state index in [9.17, 15) is 0 Å². The van der Waals surface area contributed by atoms with E-state index in [0.29, 0.717) is 6.04 Å². The van der Waals surface area contributed by atoms with Crippen molar-refractivity contribution in [1.82, 2.24) is 5.32 Å². The van der Waals surface area contributed by atoms with Crippen LogP contribution in [0, 0.1) is 0 Å². The fraction of sp³-hybridized carbons (Fsp3) is 0.467. The Bertz CT molecular complexity index is 492. The first-order valence-electron chi connectivity index (χ1n) is 6.82. The Hall–Kier alpha value is -0.290. The second kappa shape index (κ2) is 6.44.